The number of primary amides is 1. The smallest absolute Gasteiger partial charge is 0.263 e. The number of anilines is 1. The zero-order valence-electron chi connectivity index (χ0n) is 10.9. The van der Waals surface area contributed by atoms with Crippen LogP contribution in [0.4, 0.5) is 5.69 Å². The van der Waals surface area contributed by atoms with Gasteiger partial charge in [-0.3, -0.25) is 9.52 Å². The van der Waals surface area contributed by atoms with Crippen molar-refractivity contribution in [2.75, 3.05) is 4.72 Å². The molecule has 0 saturated heterocycles. The Morgan fingerprint density at radius 1 is 1.10 bits per heavy atom. The summed E-state index contributed by atoms with van der Waals surface area (Å²) in [7, 11) is -3.75. The Labute approximate surface area is 127 Å². The normalized spacial score (nSPS) is 11.1. The van der Waals surface area contributed by atoms with Gasteiger partial charge in [0.25, 0.3) is 10.0 Å². The third-order valence-corrected chi connectivity index (χ3v) is 4.59. The van der Waals surface area contributed by atoms with Crippen LogP contribution < -0.4 is 10.5 Å². The second kappa shape index (κ2) is 6.15. The van der Waals surface area contributed by atoms with Crippen LogP contribution in [0.25, 0.3) is 0 Å². The van der Waals surface area contributed by atoms with E-state index in [1.54, 1.807) is 36.4 Å². The number of rotatable bonds is 5. The zero-order chi connectivity index (χ0) is 15.5. The number of carbonyl (C=O) groups is 1. The SMILES string of the molecule is NC(=O)Cc1ccc(NS(=O)(=O)c2ccccc2Cl)cc1. The van der Waals surface area contributed by atoms with E-state index in [1.807, 2.05) is 0 Å². The Hall–Kier alpha value is -2.05. The first kappa shape index (κ1) is 15.3. The number of hydrogen-bond donors (Lipinski definition) is 2. The Bertz CT molecular complexity index is 758. The molecule has 7 heteroatoms. The van der Waals surface area contributed by atoms with Crippen molar-refractivity contribution in [3.05, 3.63) is 59.1 Å². The number of nitrogens with one attached hydrogen (secondary N) is 1. The van der Waals surface area contributed by atoms with Crippen LogP contribution in [-0.2, 0) is 21.2 Å². The van der Waals surface area contributed by atoms with Gasteiger partial charge in [0, 0.05) is 5.69 Å². The molecule has 0 aromatic heterocycles. The molecular formula is C14H13ClN2O3S. The minimum absolute atomic E-state index is 0.00730. The van der Waals surface area contributed by atoms with Gasteiger partial charge in [0.1, 0.15) is 4.90 Å². The van der Waals surface area contributed by atoms with Gasteiger partial charge in [0.15, 0.2) is 0 Å². The lowest BCUT2D eigenvalue weighted by atomic mass is 10.1. The minimum atomic E-state index is -3.75. The van der Waals surface area contributed by atoms with Gasteiger partial charge in [-0.25, -0.2) is 8.42 Å². The number of sulfonamides is 1. The van der Waals surface area contributed by atoms with Gasteiger partial charge in [-0.05, 0) is 29.8 Å². The molecule has 0 atom stereocenters. The van der Waals surface area contributed by atoms with Gasteiger partial charge in [-0.1, -0.05) is 35.9 Å². The van der Waals surface area contributed by atoms with Crippen molar-refractivity contribution in [2.45, 2.75) is 11.3 Å². The standard InChI is InChI=1S/C14H13ClN2O3S/c15-12-3-1-2-4-13(12)21(19,20)17-11-7-5-10(6-8-11)9-14(16)18/h1-8,17H,9H2,(H2,16,18). The fourth-order valence-electron chi connectivity index (χ4n) is 1.76. The molecule has 0 radical (unpaired) electrons. The largest absolute Gasteiger partial charge is 0.369 e. The predicted octanol–water partition coefficient (Wildman–Crippen LogP) is 2.17. The molecule has 2 aromatic rings. The number of amides is 1. The molecule has 0 unspecified atom stereocenters. The molecule has 3 N–H and O–H groups in total. The molecule has 110 valence electrons. The molecule has 0 fully saturated rings. The maximum Gasteiger partial charge on any atom is 0.263 e. The molecule has 5 nitrogen and oxygen atoms in total. The molecule has 2 aromatic carbocycles. The molecule has 0 aliphatic heterocycles. The summed E-state index contributed by atoms with van der Waals surface area (Å²) in [5, 5.41) is 0.148. The number of nitrogens with two attached hydrogens (primary N) is 1. The van der Waals surface area contributed by atoms with Gasteiger partial charge in [-0.2, -0.15) is 0 Å². The summed E-state index contributed by atoms with van der Waals surface area (Å²) < 4.78 is 26.9. The Balaban J connectivity index is 2.21. The second-order valence-corrected chi connectivity index (χ2v) is 6.43. The summed E-state index contributed by atoms with van der Waals surface area (Å²) in [6.07, 6.45) is 0.109. The van der Waals surface area contributed by atoms with Crippen LogP contribution in [-0.4, -0.2) is 14.3 Å². The van der Waals surface area contributed by atoms with Crippen LogP contribution in [0.2, 0.25) is 5.02 Å². The lowest BCUT2D eigenvalue weighted by molar-refractivity contribution is -0.117. The maximum atomic E-state index is 12.2. The molecule has 0 spiro atoms. The average molecular weight is 325 g/mol. The van der Waals surface area contributed by atoms with Crippen LogP contribution >= 0.6 is 11.6 Å². The third-order valence-electron chi connectivity index (χ3n) is 2.71. The molecule has 0 saturated carbocycles. The predicted molar refractivity (Wildman–Crippen MR) is 81.6 cm³/mol. The van der Waals surface area contributed by atoms with Crippen molar-refractivity contribution >= 4 is 33.2 Å². The van der Waals surface area contributed by atoms with Crippen LogP contribution in [0.3, 0.4) is 0 Å². The van der Waals surface area contributed by atoms with Crippen LogP contribution in [0.5, 0.6) is 0 Å². The van der Waals surface area contributed by atoms with Gasteiger partial charge in [-0.15, -0.1) is 0 Å². The van der Waals surface area contributed by atoms with Crippen molar-refractivity contribution < 1.29 is 13.2 Å². The Kier molecular flexibility index (Phi) is 4.50. The van der Waals surface area contributed by atoms with E-state index in [9.17, 15) is 13.2 Å². The summed E-state index contributed by atoms with van der Waals surface area (Å²) in [5.41, 5.74) is 6.18. The van der Waals surface area contributed by atoms with Crippen molar-refractivity contribution in [1.29, 1.82) is 0 Å². The zero-order valence-corrected chi connectivity index (χ0v) is 12.5. The third kappa shape index (κ3) is 3.96. The summed E-state index contributed by atoms with van der Waals surface area (Å²) >= 11 is 5.89. The number of halogens is 1. The van der Waals surface area contributed by atoms with Crippen LogP contribution in [0.1, 0.15) is 5.56 Å². The maximum absolute atomic E-state index is 12.2. The van der Waals surface area contributed by atoms with Crippen molar-refractivity contribution in [3.63, 3.8) is 0 Å². The highest BCUT2D eigenvalue weighted by Crippen LogP contribution is 2.23. The number of benzene rings is 2. The van der Waals surface area contributed by atoms with Gasteiger partial charge < -0.3 is 5.73 Å². The van der Waals surface area contributed by atoms with E-state index < -0.39 is 15.9 Å². The van der Waals surface area contributed by atoms with Gasteiger partial charge in [0.2, 0.25) is 5.91 Å². The van der Waals surface area contributed by atoms with Gasteiger partial charge >= 0.3 is 0 Å². The first-order valence-corrected chi connectivity index (χ1v) is 7.89. The van der Waals surface area contributed by atoms with E-state index in [-0.39, 0.29) is 16.3 Å². The molecule has 0 aliphatic rings. The average Bonchev–Trinajstić information content (AvgIpc) is 2.40. The summed E-state index contributed by atoms with van der Waals surface area (Å²) in [6, 6.07) is 12.6. The monoisotopic (exact) mass is 324 g/mol. The summed E-state index contributed by atoms with van der Waals surface area (Å²) in [4.78, 5) is 10.8. The Morgan fingerprint density at radius 2 is 1.71 bits per heavy atom. The molecule has 0 bridgehead atoms. The summed E-state index contributed by atoms with van der Waals surface area (Å²) in [5.74, 6) is -0.445. The fourth-order valence-corrected chi connectivity index (χ4v) is 3.34. The lowest BCUT2D eigenvalue weighted by Crippen LogP contribution is -2.14. The lowest BCUT2D eigenvalue weighted by Gasteiger charge is -2.09. The first-order valence-electron chi connectivity index (χ1n) is 6.03. The quantitative estimate of drug-likeness (QED) is 0.883. The van der Waals surface area contributed by atoms with Crippen molar-refractivity contribution in [2.24, 2.45) is 5.73 Å². The number of hydrogen-bond acceptors (Lipinski definition) is 3. The highest BCUT2D eigenvalue weighted by atomic mass is 35.5. The second-order valence-electron chi connectivity index (χ2n) is 4.38. The minimum Gasteiger partial charge on any atom is -0.369 e. The van der Waals surface area contributed by atoms with Gasteiger partial charge in [0.05, 0.1) is 11.4 Å². The van der Waals surface area contributed by atoms with Crippen molar-refractivity contribution in [3.8, 4) is 0 Å². The fraction of sp³-hybridized carbons (Fsp3) is 0.0714. The highest BCUT2D eigenvalue weighted by molar-refractivity contribution is 7.92. The van der Waals surface area contributed by atoms with E-state index in [1.165, 1.54) is 12.1 Å². The van der Waals surface area contributed by atoms with E-state index in [4.69, 9.17) is 17.3 Å². The molecule has 0 heterocycles. The Morgan fingerprint density at radius 3 is 2.29 bits per heavy atom. The highest BCUT2D eigenvalue weighted by Gasteiger charge is 2.17. The molecule has 0 aliphatic carbocycles. The van der Waals surface area contributed by atoms with E-state index in [2.05, 4.69) is 4.72 Å². The number of carbonyl (C=O) groups excluding carboxylic acids is 1. The molecular weight excluding hydrogens is 312 g/mol. The molecule has 2 rings (SSSR count). The van der Waals surface area contributed by atoms with E-state index >= 15 is 0 Å². The van der Waals surface area contributed by atoms with Crippen LogP contribution in [0, 0.1) is 0 Å². The topological polar surface area (TPSA) is 89.3 Å². The van der Waals surface area contributed by atoms with Crippen molar-refractivity contribution in [1.82, 2.24) is 0 Å². The van der Waals surface area contributed by atoms with Crippen LogP contribution in [0.15, 0.2) is 53.4 Å². The molecule has 21 heavy (non-hydrogen) atoms. The van der Waals surface area contributed by atoms with E-state index in [0.29, 0.717) is 11.3 Å². The molecule has 1 amide bonds. The first-order chi connectivity index (χ1) is 9.88. The van der Waals surface area contributed by atoms with E-state index in [0.717, 1.165) is 0 Å². The summed E-state index contributed by atoms with van der Waals surface area (Å²) in [6.45, 7) is 0.